The van der Waals surface area contributed by atoms with Crippen molar-refractivity contribution in [3.8, 4) is 11.5 Å². The van der Waals surface area contributed by atoms with Gasteiger partial charge in [-0.2, -0.15) is 0 Å². The second-order valence-electron chi connectivity index (χ2n) is 7.19. The molecule has 0 aromatic heterocycles. The summed E-state index contributed by atoms with van der Waals surface area (Å²) in [4.78, 5) is 0. The minimum atomic E-state index is 0. The SMILES string of the molecule is CC1=CCC(C)=C1.CC1=CCC(C)=C1.Oc1ccccc1Cl.Oc1ccccc1Cl.[Zr]. The number of aromatic hydroxyl groups is 2. The zero-order valence-electron chi connectivity index (χ0n) is 18.5. The molecule has 0 saturated carbocycles. The van der Waals surface area contributed by atoms with Crippen LogP contribution in [0, 0.1) is 0 Å². The molecule has 0 heterocycles. The molecule has 0 aliphatic heterocycles. The standard InChI is InChI=1S/2C7H10.2C6H5ClO.Zr/c2*1-6-3-4-7(2)5-6;2*7-5-3-1-2-4-6(5)8;/h2*3,5H,4H2,1-2H3;2*1-4,8H;. The van der Waals surface area contributed by atoms with Crippen molar-refractivity contribution in [3.63, 3.8) is 0 Å². The van der Waals surface area contributed by atoms with Gasteiger partial charge in [0.05, 0.1) is 10.0 Å². The Morgan fingerprint density at radius 2 is 0.935 bits per heavy atom. The zero-order chi connectivity index (χ0) is 22.5. The third-order valence-corrected chi connectivity index (χ3v) is 4.78. The van der Waals surface area contributed by atoms with Gasteiger partial charge in [-0.3, -0.25) is 0 Å². The summed E-state index contributed by atoms with van der Waals surface area (Å²) in [5.74, 6) is 0.267. The summed E-state index contributed by atoms with van der Waals surface area (Å²) in [6.07, 6.45) is 11.3. The molecule has 4 rings (SSSR count). The van der Waals surface area contributed by atoms with E-state index in [1.165, 1.54) is 35.1 Å². The summed E-state index contributed by atoms with van der Waals surface area (Å²) in [6.45, 7) is 8.59. The van der Waals surface area contributed by atoms with Gasteiger partial charge in [0.25, 0.3) is 0 Å². The number of phenols is 2. The first-order valence-electron chi connectivity index (χ1n) is 9.74. The molecule has 0 fully saturated rings. The van der Waals surface area contributed by atoms with Crippen LogP contribution in [0.1, 0.15) is 40.5 Å². The topological polar surface area (TPSA) is 40.5 Å². The Morgan fingerprint density at radius 3 is 1.06 bits per heavy atom. The zero-order valence-corrected chi connectivity index (χ0v) is 22.5. The van der Waals surface area contributed by atoms with E-state index in [1.807, 2.05) is 0 Å². The monoisotopic (exact) mass is 534 g/mol. The van der Waals surface area contributed by atoms with E-state index in [2.05, 4.69) is 52.0 Å². The van der Waals surface area contributed by atoms with Crippen LogP contribution in [0.3, 0.4) is 0 Å². The van der Waals surface area contributed by atoms with Gasteiger partial charge in [-0.25, -0.2) is 0 Å². The first-order chi connectivity index (χ1) is 14.2. The van der Waals surface area contributed by atoms with Gasteiger partial charge in [-0.1, -0.05) is 94.1 Å². The molecule has 2 N–H and O–H groups in total. The van der Waals surface area contributed by atoms with Crippen molar-refractivity contribution in [1.82, 2.24) is 0 Å². The summed E-state index contributed by atoms with van der Waals surface area (Å²) in [7, 11) is 0. The van der Waals surface area contributed by atoms with Gasteiger partial charge >= 0.3 is 0 Å². The number of hydrogen-bond donors (Lipinski definition) is 2. The summed E-state index contributed by atoms with van der Waals surface area (Å²) < 4.78 is 0. The van der Waals surface area contributed by atoms with E-state index in [-0.39, 0.29) is 37.7 Å². The summed E-state index contributed by atoms with van der Waals surface area (Å²) in [5.41, 5.74) is 5.80. The van der Waals surface area contributed by atoms with Crippen molar-refractivity contribution < 1.29 is 36.4 Å². The van der Waals surface area contributed by atoms with Gasteiger partial charge < -0.3 is 10.2 Å². The van der Waals surface area contributed by atoms with Crippen molar-refractivity contribution in [1.29, 1.82) is 0 Å². The van der Waals surface area contributed by atoms with Gasteiger partial charge in [0, 0.05) is 26.2 Å². The van der Waals surface area contributed by atoms with Crippen LogP contribution >= 0.6 is 23.2 Å². The van der Waals surface area contributed by atoms with Gasteiger partial charge in [-0.15, -0.1) is 0 Å². The number of allylic oxidation sites excluding steroid dienone is 8. The van der Waals surface area contributed by atoms with E-state index in [0.717, 1.165) is 0 Å². The van der Waals surface area contributed by atoms with Crippen molar-refractivity contribution in [2.75, 3.05) is 0 Å². The molecule has 2 aromatic carbocycles. The number of halogens is 2. The van der Waals surface area contributed by atoms with E-state index in [9.17, 15) is 0 Å². The van der Waals surface area contributed by atoms with Gasteiger partial charge in [0.1, 0.15) is 11.5 Å². The molecular formula is C26H30Cl2O2Zr. The fourth-order valence-electron chi connectivity index (χ4n) is 2.56. The van der Waals surface area contributed by atoms with Crippen LogP contribution in [0.4, 0.5) is 0 Å². The van der Waals surface area contributed by atoms with Crippen molar-refractivity contribution >= 4 is 23.2 Å². The number of benzene rings is 2. The molecule has 2 aliphatic rings. The maximum Gasteiger partial charge on any atom is 0.134 e. The molecule has 164 valence electrons. The molecule has 2 nitrogen and oxygen atoms in total. The first kappa shape index (κ1) is 29.5. The molecule has 0 amide bonds. The second-order valence-corrected chi connectivity index (χ2v) is 8.00. The third-order valence-electron chi connectivity index (χ3n) is 4.15. The number of rotatable bonds is 0. The average Bonchev–Trinajstić information content (AvgIpc) is 3.27. The first-order valence-corrected chi connectivity index (χ1v) is 10.5. The predicted octanol–water partition coefficient (Wildman–Crippen LogP) is 8.65. The Balaban J connectivity index is 0.000000384. The van der Waals surface area contributed by atoms with Crippen LogP contribution in [0.25, 0.3) is 0 Å². The fraction of sp³-hybridized carbons (Fsp3) is 0.231. The van der Waals surface area contributed by atoms with Crippen LogP contribution < -0.4 is 0 Å². The van der Waals surface area contributed by atoms with Crippen molar-refractivity contribution in [2.24, 2.45) is 0 Å². The van der Waals surface area contributed by atoms with Crippen LogP contribution in [0.5, 0.6) is 11.5 Å². The molecule has 2 aliphatic carbocycles. The molecule has 0 atom stereocenters. The average molecular weight is 537 g/mol. The minimum Gasteiger partial charge on any atom is -0.506 e. The molecular weight excluding hydrogens is 506 g/mol. The summed E-state index contributed by atoms with van der Waals surface area (Å²) in [6, 6.07) is 13.3. The molecule has 0 spiro atoms. The quantitative estimate of drug-likeness (QED) is 0.354. The molecule has 31 heavy (non-hydrogen) atoms. The number of phenolic OH excluding ortho intramolecular Hbond substituents is 2. The van der Waals surface area contributed by atoms with E-state index in [4.69, 9.17) is 33.4 Å². The Labute approximate surface area is 215 Å². The van der Waals surface area contributed by atoms with Gasteiger partial charge in [0.2, 0.25) is 0 Å². The Morgan fingerprint density at radius 1 is 0.613 bits per heavy atom. The molecule has 5 heteroatoms. The molecule has 0 radical (unpaired) electrons. The van der Waals surface area contributed by atoms with Crippen LogP contribution in [0.2, 0.25) is 10.0 Å². The fourth-order valence-corrected chi connectivity index (χ4v) is 2.83. The maximum atomic E-state index is 8.79. The third kappa shape index (κ3) is 13.5. The normalized spacial score (nSPS) is 13.4. The second kappa shape index (κ2) is 16.1. The number of para-hydroxylation sites is 2. The Hall–Kier alpha value is -1.54. The Kier molecular flexibility index (Phi) is 15.3. The maximum absolute atomic E-state index is 8.79. The van der Waals surface area contributed by atoms with Crippen molar-refractivity contribution in [2.45, 2.75) is 40.5 Å². The smallest absolute Gasteiger partial charge is 0.134 e. The van der Waals surface area contributed by atoms with Gasteiger partial charge in [-0.05, 0) is 64.8 Å². The largest absolute Gasteiger partial charge is 0.506 e. The van der Waals surface area contributed by atoms with Crippen LogP contribution in [0.15, 0.2) is 95.1 Å². The number of hydrogen-bond acceptors (Lipinski definition) is 2. The van der Waals surface area contributed by atoms with Crippen LogP contribution in [-0.2, 0) is 26.2 Å². The van der Waals surface area contributed by atoms with Gasteiger partial charge in [0.15, 0.2) is 0 Å². The molecule has 0 unspecified atom stereocenters. The summed E-state index contributed by atoms with van der Waals surface area (Å²) in [5, 5.41) is 18.4. The molecule has 0 saturated heterocycles. The predicted molar refractivity (Wildman–Crippen MR) is 130 cm³/mol. The minimum absolute atomic E-state index is 0. The van der Waals surface area contributed by atoms with Crippen molar-refractivity contribution in [3.05, 3.63) is 105 Å². The van der Waals surface area contributed by atoms with E-state index < -0.39 is 0 Å². The van der Waals surface area contributed by atoms with Crippen LogP contribution in [-0.4, -0.2) is 10.2 Å². The molecule has 2 aromatic rings. The summed E-state index contributed by atoms with van der Waals surface area (Å²) >= 11 is 10.9. The van der Waals surface area contributed by atoms with E-state index in [1.54, 1.807) is 48.5 Å². The Bertz CT molecular complexity index is 824. The van der Waals surface area contributed by atoms with E-state index in [0.29, 0.717) is 10.0 Å². The van der Waals surface area contributed by atoms with E-state index >= 15 is 0 Å². The molecule has 0 bridgehead atoms.